The summed E-state index contributed by atoms with van der Waals surface area (Å²) in [4.78, 5) is 14.4. The van der Waals surface area contributed by atoms with Crippen LogP contribution in [0.2, 0.25) is 10.0 Å². The van der Waals surface area contributed by atoms with Crippen molar-refractivity contribution in [2.24, 2.45) is 5.92 Å². The molecule has 0 N–H and O–H groups in total. The van der Waals surface area contributed by atoms with E-state index in [1.54, 1.807) is 6.08 Å². The summed E-state index contributed by atoms with van der Waals surface area (Å²) in [6.07, 6.45) is 3.43. The molecule has 1 aromatic carbocycles. The maximum atomic E-state index is 13.5. The van der Waals surface area contributed by atoms with Crippen molar-refractivity contribution in [1.82, 2.24) is 9.21 Å². The van der Waals surface area contributed by atoms with Crippen LogP contribution in [0, 0.1) is 17.2 Å². The topological polar surface area (TPSA) is 81.5 Å². The molecule has 1 unspecified atom stereocenters. The maximum absolute atomic E-state index is 13.5. The first kappa shape index (κ1) is 20.2. The normalized spacial score (nSPS) is 26.3. The number of carbonyl (C=O) groups excluding carboxylic acids is 1. The quantitative estimate of drug-likeness (QED) is 0.545. The second-order valence-corrected chi connectivity index (χ2v) is 9.45. The van der Waals surface area contributed by atoms with Gasteiger partial charge in [-0.1, -0.05) is 29.3 Å². The summed E-state index contributed by atoms with van der Waals surface area (Å²) in [6.45, 7) is 4.02. The van der Waals surface area contributed by atoms with Gasteiger partial charge in [0.05, 0.1) is 11.0 Å². The molecule has 6 nitrogen and oxygen atoms in total. The van der Waals surface area contributed by atoms with Crippen LogP contribution >= 0.6 is 23.2 Å². The van der Waals surface area contributed by atoms with Crippen molar-refractivity contribution >= 4 is 39.1 Å². The average molecular weight is 428 g/mol. The number of benzene rings is 1. The van der Waals surface area contributed by atoms with Crippen molar-refractivity contribution < 1.29 is 13.2 Å². The molecule has 0 radical (unpaired) electrons. The number of nitrogens with zero attached hydrogens (tertiary/aromatic N) is 3. The van der Waals surface area contributed by atoms with E-state index in [0.717, 1.165) is 6.42 Å². The first-order valence-electron chi connectivity index (χ1n) is 8.57. The number of carbonyl (C=O) groups is 1. The van der Waals surface area contributed by atoms with Gasteiger partial charge in [-0.15, -0.1) is 6.58 Å². The minimum atomic E-state index is -4.02. The minimum absolute atomic E-state index is 0.0405. The van der Waals surface area contributed by atoms with E-state index in [-0.39, 0.29) is 39.9 Å². The van der Waals surface area contributed by atoms with Crippen molar-refractivity contribution in [3.63, 3.8) is 0 Å². The Labute approximate surface area is 169 Å². The number of rotatable bonds is 4. The number of halogens is 2. The summed E-state index contributed by atoms with van der Waals surface area (Å²) < 4.78 is 28.2. The van der Waals surface area contributed by atoms with Crippen molar-refractivity contribution in [3.8, 4) is 6.07 Å². The lowest BCUT2D eigenvalue weighted by Crippen LogP contribution is -2.54. The van der Waals surface area contributed by atoms with Crippen LogP contribution in [0.25, 0.3) is 0 Å². The molecule has 2 fully saturated rings. The van der Waals surface area contributed by atoms with E-state index in [1.807, 2.05) is 6.07 Å². The van der Waals surface area contributed by atoms with Gasteiger partial charge >= 0.3 is 0 Å². The summed E-state index contributed by atoms with van der Waals surface area (Å²) in [7, 11) is -4.02. The molecular weight excluding hydrogens is 409 g/mol. The highest BCUT2D eigenvalue weighted by Crippen LogP contribution is 2.38. The summed E-state index contributed by atoms with van der Waals surface area (Å²) >= 11 is 12.0. The van der Waals surface area contributed by atoms with E-state index in [2.05, 4.69) is 6.58 Å². The van der Waals surface area contributed by atoms with Crippen LogP contribution in [0.1, 0.15) is 19.3 Å². The standard InChI is InChI=1S/C18H19Cl2N3O3S/c1-2-12-11-22(7-6-21)18(24)17-5-3-4-16(12)23(17)27(25,26)15-9-13(19)8-14(20)10-15/h2,8-10,12,16-17H,1,3-5,7,11H2/t12-,16-,17?/m0/s1. The fourth-order valence-corrected chi connectivity index (χ4v) is 6.52. The third-order valence-electron chi connectivity index (χ3n) is 5.11. The molecule has 2 heterocycles. The van der Waals surface area contributed by atoms with Crippen LogP contribution in [-0.2, 0) is 14.8 Å². The molecule has 2 saturated heterocycles. The predicted molar refractivity (Wildman–Crippen MR) is 103 cm³/mol. The zero-order valence-corrected chi connectivity index (χ0v) is 16.8. The van der Waals surface area contributed by atoms with E-state index in [9.17, 15) is 13.2 Å². The van der Waals surface area contributed by atoms with Crippen molar-refractivity contribution in [2.45, 2.75) is 36.2 Å². The Balaban J connectivity index is 2.13. The summed E-state index contributed by atoms with van der Waals surface area (Å²) in [5, 5.41) is 9.48. The predicted octanol–water partition coefficient (Wildman–Crippen LogP) is 3.07. The van der Waals surface area contributed by atoms with E-state index >= 15 is 0 Å². The van der Waals surface area contributed by atoms with E-state index in [0.29, 0.717) is 12.8 Å². The van der Waals surface area contributed by atoms with Gasteiger partial charge in [0.2, 0.25) is 15.9 Å². The largest absolute Gasteiger partial charge is 0.327 e. The molecule has 9 heteroatoms. The molecule has 1 amide bonds. The lowest BCUT2D eigenvalue weighted by Gasteiger charge is -2.40. The molecular formula is C18H19Cl2N3O3S. The van der Waals surface area contributed by atoms with Crippen LogP contribution in [-0.4, -0.2) is 48.7 Å². The zero-order chi connectivity index (χ0) is 19.8. The Morgan fingerprint density at radius 3 is 2.52 bits per heavy atom. The molecule has 0 aliphatic carbocycles. The van der Waals surface area contributed by atoms with Crippen LogP contribution in [0.15, 0.2) is 35.7 Å². The highest BCUT2D eigenvalue weighted by Gasteiger charge is 2.49. The Morgan fingerprint density at radius 1 is 1.26 bits per heavy atom. The van der Waals surface area contributed by atoms with E-state index in [1.165, 1.54) is 27.4 Å². The highest BCUT2D eigenvalue weighted by molar-refractivity contribution is 7.89. The second kappa shape index (κ2) is 7.80. The van der Waals surface area contributed by atoms with Gasteiger partial charge in [-0.2, -0.15) is 9.57 Å². The van der Waals surface area contributed by atoms with Crippen LogP contribution in [0.3, 0.4) is 0 Å². The third kappa shape index (κ3) is 3.72. The third-order valence-corrected chi connectivity index (χ3v) is 7.46. The van der Waals surface area contributed by atoms with Crippen LogP contribution < -0.4 is 0 Å². The lowest BCUT2D eigenvalue weighted by atomic mass is 9.90. The van der Waals surface area contributed by atoms with E-state index in [4.69, 9.17) is 28.5 Å². The second-order valence-electron chi connectivity index (χ2n) is 6.73. The van der Waals surface area contributed by atoms with Gasteiger partial charge in [0, 0.05) is 28.5 Å². The molecule has 3 rings (SSSR count). The molecule has 2 aliphatic heterocycles. The molecule has 27 heavy (non-hydrogen) atoms. The van der Waals surface area contributed by atoms with Crippen molar-refractivity contribution in [2.75, 3.05) is 13.1 Å². The van der Waals surface area contributed by atoms with E-state index < -0.39 is 22.1 Å². The highest BCUT2D eigenvalue weighted by atomic mass is 35.5. The smallest absolute Gasteiger partial charge is 0.244 e. The Morgan fingerprint density at radius 2 is 1.93 bits per heavy atom. The zero-order valence-electron chi connectivity index (χ0n) is 14.5. The summed E-state index contributed by atoms with van der Waals surface area (Å²) in [5.74, 6) is -0.612. The van der Waals surface area contributed by atoms with Crippen molar-refractivity contribution in [3.05, 3.63) is 40.9 Å². The number of amides is 1. The van der Waals surface area contributed by atoms with Crippen LogP contribution in [0.5, 0.6) is 0 Å². The van der Waals surface area contributed by atoms with Gasteiger partial charge < -0.3 is 4.90 Å². The Bertz CT molecular complexity index is 893. The average Bonchev–Trinajstić information content (AvgIpc) is 2.68. The molecule has 0 spiro atoms. The van der Waals surface area contributed by atoms with Gasteiger partial charge in [0.1, 0.15) is 12.6 Å². The number of piperidine rings is 1. The molecule has 144 valence electrons. The first-order valence-corrected chi connectivity index (χ1v) is 10.8. The van der Waals surface area contributed by atoms with Crippen molar-refractivity contribution in [1.29, 1.82) is 5.26 Å². The van der Waals surface area contributed by atoms with Gasteiger partial charge in [-0.3, -0.25) is 4.79 Å². The number of sulfonamides is 1. The SMILES string of the molecule is C=C[C@H]1CN(CC#N)C(=O)C2CCC[C@@H]1N2S(=O)(=O)c1cc(Cl)cc(Cl)c1. The molecule has 3 atom stereocenters. The molecule has 1 aromatic rings. The molecule has 0 aromatic heterocycles. The van der Waals surface area contributed by atoms with Gasteiger partial charge in [-0.05, 0) is 37.5 Å². The monoisotopic (exact) mass is 427 g/mol. The number of hydrogen-bond acceptors (Lipinski definition) is 4. The Kier molecular flexibility index (Phi) is 5.82. The number of fused-ring (bicyclic) bond motifs is 2. The van der Waals surface area contributed by atoms with Gasteiger partial charge in [0.25, 0.3) is 0 Å². The Hall–Kier alpha value is -1.59. The summed E-state index contributed by atoms with van der Waals surface area (Å²) in [5.41, 5.74) is 0. The fourth-order valence-electron chi connectivity index (χ4n) is 3.92. The van der Waals surface area contributed by atoms with Gasteiger partial charge in [-0.25, -0.2) is 8.42 Å². The number of nitriles is 1. The summed E-state index contributed by atoms with van der Waals surface area (Å²) in [6, 6.07) is 4.87. The molecule has 2 aliphatic rings. The van der Waals surface area contributed by atoms with Crippen LogP contribution in [0.4, 0.5) is 0 Å². The maximum Gasteiger partial charge on any atom is 0.244 e. The number of hydrogen-bond donors (Lipinski definition) is 0. The first-order chi connectivity index (χ1) is 12.8. The fraction of sp³-hybridized carbons (Fsp3) is 0.444. The molecule has 2 bridgehead atoms. The molecule has 0 saturated carbocycles. The minimum Gasteiger partial charge on any atom is -0.327 e. The lowest BCUT2D eigenvalue weighted by molar-refractivity contribution is -0.134. The van der Waals surface area contributed by atoms with Gasteiger partial charge in [0.15, 0.2) is 0 Å².